The van der Waals surface area contributed by atoms with Gasteiger partial charge in [-0.15, -0.1) is 0 Å². The lowest BCUT2D eigenvalue weighted by Gasteiger charge is -2.28. The van der Waals surface area contributed by atoms with Gasteiger partial charge in [0.25, 0.3) is 0 Å². The Labute approximate surface area is 168 Å². The number of hydroxylamine groups is 1. The van der Waals surface area contributed by atoms with E-state index in [4.69, 9.17) is 45.4 Å². The molecule has 0 fully saturated rings. The highest BCUT2D eigenvalue weighted by molar-refractivity contribution is 6.34. The van der Waals surface area contributed by atoms with Crippen LogP contribution >= 0.6 is 34.8 Å². The van der Waals surface area contributed by atoms with Gasteiger partial charge in [0, 0.05) is 32.2 Å². The van der Waals surface area contributed by atoms with Crippen LogP contribution in [-0.2, 0) is 10.4 Å². The van der Waals surface area contributed by atoms with Crippen LogP contribution in [-0.4, -0.2) is 6.18 Å². The fourth-order valence-electron chi connectivity index (χ4n) is 2.82. The van der Waals surface area contributed by atoms with Gasteiger partial charge in [-0.25, -0.2) is 0 Å². The van der Waals surface area contributed by atoms with Crippen molar-refractivity contribution >= 4 is 40.5 Å². The summed E-state index contributed by atoms with van der Waals surface area (Å²) in [7, 11) is 0. The minimum absolute atomic E-state index is 0.0657. The molecular formula is C18H14Cl3F3N2O. The molecule has 2 aromatic carbocycles. The fourth-order valence-corrected chi connectivity index (χ4v) is 3.70. The van der Waals surface area contributed by atoms with Gasteiger partial charge in [0.15, 0.2) is 0 Å². The molecule has 2 unspecified atom stereocenters. The number of alkyl halides is 3. The summed E-state index contributed by atoms with van der Waals surface area (Å²) in [6.07, 6.45) is -3.84. The Balaban J connectivity index is 2.11. The van der Waals surface area contributed by atoms with Gasteiger partial charge >= 0.3 is 6.18 Å². The molecule has 0 saturated carbocycles. The molecule has 0 bridgehead atoms. The van der Waals surface area contributed by atoms with Crippen LogP contribution in [0.4, 0.5) is 13.2 Å². The third kappa shape index (κ3) is 3.77. The molecule has 3 N–H and O–H groups in total. The number of hydrogen-bond acceptors (Lipinski definition) is 3. The highest BCUT2D eigenvalue weighted by Gasteiger charge is 2.59. The third-order valence-corrected chi connectivity index (χ3v) is 4.95. The van der Waals surface area contributed by atoms with E-state index >= 15 is 0 Å². The van der Waals surface area contributed by atoms with Crippen LogP contribution in [0.2, 0.25) is 15.1 Å². The molecule has 0 aliphatic carbocycles. The quantitative estimate of drug-likeness (QED) is 0.619. The lowest BCUT2D eigenvalue weighted by Crippen LogP contribution is -2.42. The summed E-state index contributed by atoms with van der Waals surface area (Å²) in [5.74, 6) is 0. The van der Waals surface area contributed by atoms with Gasteiger partial charge < -0.3 is 5.73 Å². The van der Waals surface area contributed by atoms with Crippen molar-refractivity contribution in [3.05, 3.63) is 74.2 Å². The second-order valence-electron chi connectivity index (χ2n) is 6.18. The Kier molecular flexibility index (Phi) is 5.40. The summed E-state index contributed by atoms with van der Waals surface area (Å²) in [5.41, 5.74) is 6.39. The monoisotopic (exact) mass is 436 g/mol. The van der Waals surface area contributed by atoms with E-state index in [-0.39, 0.29) is 27.3 Å². The van der Waals surface area contributed by atoms with E-state index in [2.05, 4.69) is 5.48 Å². The number of halogens is 6. The van der Waals surface area contributed by atoms with Crippen LogP contribution < -0.4 is 11.2 Å². The predicted molar refractivity (Wildman–Crippen MR) is 100 cm³/mol. The molecule has 0 radical (unpaired) electrons. The van der Waals surface area contributed by atoms with Crippen molar-refractivity contribution in [1.29, 1.82) is 0 Å². The normalized spacial score (nSPS) is 21.0. The van der Waals surface area contributed by atoms with E-state index in [1.54, 1.807) is 19.1 Å². The van der Waals surface area contributed by atoms with Crippen molar-refractivity contribution in [2.75, 3.05) is 0 Å². The summed E-state index contributed by atoms with van der Waals surface area (Å²) >= 11 is 18.0. The molecule has 9 heteroatoms. The Hall–Kier alpha value is -1.44. The van der Waals surface area contributed by atoms with Crippen LogP contribution in [0.5, 0.6) is 0 Å². The summed E-state index contributed by atoms with van der Waals surface area (Å²) in [4.78, 5) is 5.03. The minimum Gasteiger partial charge on any atom is -0.324 e. The maximum absolute atomic E-state index is 14.0. The second kappa shape index (κ2) is 7.18. The molecule has 1 aliphatic heterocycles. The Morgan fingerprint density at radius 3 is 2.22 bits per heavy atom. The molecule has 0 saturated heterocycles. The molecular weight excluding hydrogens is 424 g/mol. The molecule has 2 atom stereocenters. The first-order valence-electron chi connectivity index (χ1n) is 7.79. The van der Waals surface area contributed by atoms with Gasteiger partial charge in [-0.05, 0) is 42.8 Å². The molecule has 0 aromatic heterocycles. The zero-order valence-electron chi connectivity index (χ0n) is 13.9. The van der Waals surface area contributed by atoms with Crippen molar-refractivity contribution in [2.24, 2.45) is 5.73 Å². The standard InChI is InChI=1S/C18H14Cl3F3N2O/c1-9(25)14-3-2-10(4-15(14)21)16-8-17(27-26-16,18(22,23)24)11-5-12(19)7-13(20)6-11/h2-9,26H,25H2,1H3. The van der Waals surface area contributed by atoms with Gasteiger partial charge in [0.2, 0.25) is 5.60 Å². The molecule has 1 aliphatic rings. The maximum Gasteiger partial charge on any atom is 0.428 e. The lowest BCUT2D eigenvalue weighted by molar-refractivity contribution is -0.269. The highest BCUT2D eigenvalue weighted by atomic mass is 35.5. The van der Waals surface area contributed by atoms with E-state index in [0.717, 1.165) is 18.2 Å². The lowest BCUT2D eigenvalue weighted by atomic mass is 9.91. The van der Waals surface area contributed by atoms with Crippen molar-refractivity contribution < 1.29 is 18.0 Å². The maximum atomic E-state index is 14.0. The SMILES string of the molecule is CC(N)c1ccc(C2=CC(c3cc(Cl)cc(Cl)c3)(C(F)(F)F)ON2)cc1Cl. The third-order valence-electron chi connectivity index (χ3n) is 4.18. The zero-order valence-corrected chi connectivity index (χ0v) is 16.1. The van der Waals surface area contributed by atoms with Crippen LogP contribution in [0.3, 0.4) is 0 Å². The molecule has 2 aromatic rings. The summed E-state index contributed by atoms with van der Waals surface area (Å²) in [5, 5.41) is 0.479. The molecule has 1 heterocycles. The predicted octanol–water partition coefficient (Wildman–Crippen LogP) is 6.00. The Bertz CT molecular complexity index is 895. The van der Waals surface area contributed by atoms with Crippen LogP contribution in [0.1, 0.15) is 29.7 Å². The van der Waals surface area contributed by atoms with Gasteiger partial charge in [-0.2, -0.15) is 13.2 Å². The van der Waals surface area contributed by atoms with Gasteiger partial charge in [0.1, 0.15) is 0 Å². The van der Waals surface area contributed by atoms with Crippen LogP contribution in [0.15, 0.2) is 42.5 Å². The fraction of sp³-hybridized carbons (Fsp3) is 0.222. The smallest absolute Gasteiger partial charge is 0.324 e. The Morgan fingerprint density at radius 1 is 1.07 bits per heavy atom. The summed E-state index contributed by atoms with van der Waals surface area (Å²) in [6, 6.07) is 8.16. The van der Waals surface area contributed by atoms with Crippen LogP contribution in [0.25, 0.3) is 5.70 Å². The van der Waals surface area contributed by atoms with E-state index in [0.29, 0.717) is 16.1 Å². The van der Waals surface area contributed by atoms with Crippen molar-refractivity contribution in [3.8, 4) is 0 Å². The van der Waals surface area contributed by atoms with E-state index in [1.165, 1.54) is 12.1 Å². The first-order valence-corrected chi connectivity index (χ1v) is 8.92. The van der Waals surface area contributed by atoms with E-state index in [1.807, 2.05) is 0 Å². The summed E-state index contributed by atoms with van der Waals surface area (Å²) in [6.45, 7) is 1.76. The van der Waals surface area contributed by atoms with E-state index < -0.39 is 11.8 Å². The number of rotatable bonds is 3. The number of hydrogen-bond donors (Lipinski definition) is 2. The van der Waals surface area contributed by atoms with Crippen LogP contribution in [0, 0.1) is 0 Å². The van der Waals surface area contributed by atoms with Crippen molar-refractivity contribution in [1.82, 2.24) is 5.48 Å². The number of benzene rings is 2. The largest absolute Gasteiger partial charge is 0.428 e. The highest BCUT2D eigenvalue weighted by Crippen LogP contribution is 2.48. The van der Waals surface area contributed by atoms with Gasteiger partial charge in [-0.3, -0.25) is 10.3 Å². The average Bonchev–Trinajstić information content (AvgIpc) is 3.00. The molecule has 144 valence electrons. The molecule has 0 amide bonds. The second-order valence-corrected chi connectivity index (χ2v) is 7.46. The minimum atomic E-state index is -4.77. The first-order chi connectivity index (χ1) is 12.5. The topological polar surface area (TPSA) is 47.3 Å². The molecule has 27 heavy (non-hydrogen) atoms. The zero-order chi connectivity index (χ0) is 20.0. The molecule has 3 nitrogen and oxygen atoms in total. The van der Waals surface area contributed by atoms with Gasteiger partial charge in [0.05, 0.1) is 5.70 Å². The van der Waals surface area contributed by atoms with Gasteiger partial charge in [-0.1, -0.05) is 46.9 Å². The molecule has 0 spiro atoms. The average molecular weight is 438 g/mol. The van der Waals surface area contributed by atoms with E-state index in [9.17, 15) is 13.2 Å². The van der Waals surface area contributed by atoms with Crippen molar-refractivity contribution in [3.63, 3.8) is 0 Å². The summed E-state index contributed by atoms with van der Waals surface area (Å²) < 4.78 is 41.9. The Morgan fingerprint density at radius 2 is 1.70 bits per heavy atom. The number of nitrogens with one attached hydrogen (secondary N) is 1. The molecule has 3 rings (SSSR count). The van der Waals surface area contributed by atoms with Crippen molar-refractivity contribution in [2.45, 2.75) is 24.7 Å². The number of nitrogens with two attached hydrogens (primary N) is 1. The first kappa shape index (κ1) is 20.3.